The molecular weight excluding hydrogens is 362 g/mol. The Morgan fingerprint density at radius 1 is 1.17 bits per heavy atom. The van der Waals surface area contributed by atoms with Crippen LogP contribution in [0.3, 0.4) is 0 Å². The lowest BCUT2D eigenvalue weighted by Crippen LogP contribution is -2.55. The highest BCUT2D eigenvalue weighted by molar-refractivity contribution is 5.64. The van der Waals surface area contributed by atoms with Crippen molar-refractivity contribution in [2.24, 2.45) is 22.7 Å². The summed E-state index contributed by atoms with van der Waals surface area (Å²) < 4.78 is 18.5. The maximum Gasteiger partial charge on any atom is 0.175 e. The molecule has 0 radical (unpaired) electrons. The van der Waals surface area contributed by atoms with Gasteiger partial charge in [0, 0.05) is 47.7 Å². The molecule has 4 nitrogen and oxygen atoms in total. The van der Waals surface area contributed by atoms with E-state index in [0.717, 1.165) is 31.3 Å². The molecule has 1 aromatic carbocycles. The van der Waals surface area contributed by atoms with Crippen molar-refractivity contribution < 1.29 is 14.2 Å². The minimum atomic E-state index is -0.407. The van der Waals surface area contributed by atoms with Gasteiger partial charge in [0.2, 0.25) is 0 Å². The lowest BCUT2D eigenvalue weighted by molar-refractivity contribution is -0.216. The largest absolute Gasteiger partial charge is 0.497 e. The maximum atomic E-state index is 6.42. The molecule has 3 saturated carbocycles. The summed E-state index contributed by atoms with van der Waals surface area (Å²) in [5, 5.41) is 0. The third-order valence-electron chi connectivity index (χ3n) is 10.1. The van der Waals surface area contributed by atoms with Crippen molar-refractivity contribution in [3.8, 4) is 5.75 Å². The predicted molar refractivity (Wildman–Crippen MR) is 108 cm³/mol. The second-order valence-electron chi connectivity index (χ2n) is 10.9. The van der Waals surface area contributed by atoms with Crippen molar-refractivity contribution in [2.75, 3.05) is 33.4 Å². The van der Waals surface area contributed by atoms with E-state index in [1.807, 2.05) is 0 Å². The SMILES string of the molecule is COc1ccc2c(c1)C13CC4(OCCO4)C4C=CC5N(CC6CC6)CC1(C2)C53C4. The van der Waals surface area contributed by atoms with Crippen LogP contribution in [0, 0.1) is 22.7 Å². The van der Waals surface area contributed by atoms with Gasteiger partial charge < -0.3 is 14.2 Å². The lowest BCUT2D eigenvalue weighted by Gasteiger charge is -2.51. The van der Waals surface area contributed by atoms with Crippen LogP contribution in [0.25, 0.3) is 0 Å². The van der Waals surface area contributed by atoms with Gasteiger partial charge in [-0.3, -0.25) is 4.90 Å². The number of ether oxygens (including phenoxy) is 3. The Labute approximate surface area is 172 Å². The summed E-state index contributed by atoms with van der Waals surface area (Å²) in [5.74, 6) is 1.94. The van der Waals surface area contributed by atoms with Gasteiger partial charge in [-0.15, -0.1) is 0 Å². The fourth-order valence-corrected chi connectivity index (χ4v) is 9.12. The van der Waals surface area contributed by atoms with Crippen LogP contribution in [0.4, 0.5) is 0 Å². The molecular formula is C25H29NO3. The van der Waals surface area contributed by atoms with E-state index >= 15 is 0 Å². The van der Waals surface area contributed by atoms with Crippen molar-refractivity contribution in [3.05, 3.63) is 41.5 Å². The predicted octanol–water partition coefficient (Wildman–Crippen LogP) is 3.29. The summed E-state index contributed by atoms with van der Waals surface area (Å²) >= 11 is 0. The van der Waals surface area contributed by atoms with Crippen LogP contribution in [0.2, 0.25) is 0 Å². The second kappa shape index (κ2) is 4.76. The third-order valence-corrected chi connectivity index (χ3v) is 10.1. The minimum absolute atomic E-state index is 0.195. The molecule has 5 fully saturated rings. The smallest absolute Gasteiger partial charge is 0.175 e. The standard InChI is InChI=1S/C25H29NO3/c1-27-19-6-4-17-11-22-15-26(13-16-2-3-16)21-7-5-18-12-23(21,22)24(22,20(17)10-19)14-25(18)28-8-9-29-25/h4-7,10,16,18,21H,2-3,8-9,11-15H2,1H3. The number of hydrogen-bond acceptors (Lipinski definition) is 4. The van der Waals surface area contributed by atoms with Crippen molar-refractivity contribution in [3.63, 3.8) is 0 Å². The first-order valence-corrected chi connectivity index (χ1v) is 11.6. The molecule has 0 aromatic heterocycles. The Morgan fingerprint density at radius 2 is 2.03 bits per heavy atom. The monoisotopic (exact) mass is 391 g/mol. The van der Waals surface area contributed by atoms with Gasteiger partial charge in [-0.05, 0) is 54.9 Å². The summed E-state index contributed by atoms with van der Waals surface area (Å²) in [7, 11) is 1.79. The number of hydrogen-bond donors (Lipinski definition) is 0. The van der Waals surface area contributed by atoms with Crippen LogP contribution in [0.5, 0.6) is 5.75 Å². The molecule has 2 heterocycles. The highest BCUT2D eigenvalue weighted by Gasteiger charge is 2.96. The Bertz CT molecular complexity index is 963. The summed E-state index contributed by atoms with van der Waals surface area (Å²) in [4.78, 5) is 2.86. The van der Waals surface area contributed by atoms with Gasteiger partial charge in [0.1, 0.15) is 5.75 Å². The zero-order valence-corrected chi connectivity index (χ0v) is 17.2. The van der Waals surface area contributed by atoms with Crippen LogP contribution in [0.1, 0.15) is 36.8 Å². The van der Waals surface area contributed by atoms with Crippen LogP contribution < -0.4 is 4.74 Å². The number of fused-ring (bicyclic) bond motifs is 3. The average Bonchev–Trinajstić information content (AvgIpc) is 3.44. The quantitative estimate of drug-likeness (QED) is 0.740. The first-order chi connectivity index (χ1) is 14.2. The van der Waals surface area contributed by atoms with E-state index in [1.54, 1.807) is 18.2 Å². The molecule has 1 aromatic rings. The molecule has 0 amide bonds. The number of rotatable bonds is 3. The maximum absolute atomic E-state index is 6.42. The molecule has 8 rings (SSSR count). The van der Waals surface area contributed by atoms with E-state index in [2.05, 4.69) is 35.3 Å². The van der Waals surface area contributed by atoms with E-state index in [-0.39, 0.29) is 5.41 Å². The molecule has 4 spiro atoms. The molecule has 2 bridgehead atoms. The molecule has 5 aliphatic carbocycles. The lowest BCUT2D eigenvalue weighted by atomic mass is 9.62. The molecule has 2 aliphatic heterocycles. The number of piperidine rings is 1. The molecule has 2 saturated heterocycles. The molecule has 5 unspecified atom stereocenters. The zero-order chi connectivity index (χ0) is 19.1. The summed E-state index contributed by atoms with van der Waals surface area (Å²) in [6.45, 7) is 4.03. The highest BCUT2D eigenvalue weighted by Crippen LogP contribution is 2.93. The second-order valence-corrected chi connectivity index (χ2v) is 10.9. The van der Waals surface area contributed by atoms with Gasteiger partial charge in [-0.1, -0.05) is 18.2 Å². The Hall–Kier alpha value is -1.36. The molecule has 152 valence electrons. The highest BCUT2D eigenvalue weighted by atomic mass is 16.7. The Morgan fingerprint density at radius 3 is 2.83 bits per heavy atom. The van der Waals surface area contributed by atoms with Gasteiger partial charge in [0.05, 0.1) is 20.3 Å². The number of likely N-dealkylation sites (tertiary alicyclic amines) is 1. The topological polar surface area (TPSA) is 30.9 Å². The fourth-order valence-electron chi connectivity index (χ4n) is 9.12. The molecule has 5 atom stereocenters. The van der Waals surface area contributed by atoms with Gasteiger partial charge in [0.25, 0.3) is 0 Å². The first-order valence-electron chi connectivity index (χ1n) is 11.6. The van der Waals surface area contributed by atoms with Crippen molar-refractivity contribution in [2.45, 2.75) is 49.3 Å². The average molecular weight is 392 g/mol. The third kappa shape index (κ3) is 1.54. The molecule has 0 N–H and O–H groups in total. The van der Waals surface area contributed by atoms with Gasteiger partial charge in [-0.25, -0.2) is 0 Å². The van der Waals surface area contributed by atoms with E-state index in [9.17, 15) is 0 Å². The van der Waals surface area contributed by atoms with Crippen molar-refractivity contribution in [1.29, 1.82) is 0 Å². The van der Waals surface area contributed by atoms with Crippen molar-refractivity contribution >= 4 is 0 Å². The molecule has 29 heavy (non-hydrogen) atoms. The van der Waals surface area contributed by atoms with E-state index in [4.69, 9.17) is 14.2 Å². The number of benzene rings is 1. The summed E-state index contributed by atoms with van der Waals surface area (Å²) in [5.41, 5.74) is 4.02. The minimum Gasteiger partial charge on any atom is -0.497 e. The molecule has 7 aliphatic rings. The van der Waals surface area contributed by atoms with Crippen molar-refractivity contribution in [1.82, 2.24) is 4.90 Å². The first kappa shape index (κ1) is 16.3. The Balaban J connectivity index is 1.34. The Kier molecular flexibility index (Phi) is 2.68. The van der Waals surface area contributed by atoms with Gasteiger partial charge in [-0.2, -0.15) is 0 Å². The van der Waals surface area contributed by atoms with Gasteiger partial charge >= 0.3 is 0 Å². The van der Waals surface area contributed by atoms with Crippen LogP contribution >= 0.6 is 0 Å². The van der Waals surface area contributed by atoms with Crippen LogP contribution in [-0.2, 0) is 21.3 Å². The number of nitrogens with zero attached hydrogens (tertiary/aromatic N) is 1. The van der Waals surface area contributed by atoms with E-state index < -0.39 is 5.79 Å². The van der Waals surface area contributed by atoms with E-state index in [1.165, 1.54) is 38.8 Å². The number of methoxy groups -OCH3 is 1. The zero-order valence-electron chi connectivity index (χ0n) is 17.2. The normalized spacial score (nSPS) is 47.2. The van der Waals surface area contributed by atoms with E-state index in [0.29, 0.717) is 22.8 Å². The summed E-state index contributed by atoms with van der Waals surface area (Å²) in [6, 6.07) is 7.45. The summed E-state index contributed by atoms with van der Waals surface area (Å²) in [6.07, 6.45) is 11.4. The van der Waals surface area contributed by atoms with Crippen LogP contribution in [-0.4, -0.2) is 50.1 Å². The fraction of sp³-hybridized carbons (Fsp3) is 0.680. The van der Waals surface area contributed by atoms with Crippen LogP contribution in [0.15, 0.2) is 30.4 Å². The van der Waals surface area contributed by atoms with Gasteiger partial charge in [0.15, 0.2) is 5.79 Å². The molecule has 4 heteroatoms.